The van der Waals surface area contributed by atoms with Crippen LogP contribution in [0.1, 0.15) is 53.4 Å². The Morgan fingerprint density at radius 3 is 2.75 bits per heavy atom. The average molecular weight is 467 g/mol. The van der Waals surface area contributed by atoms with Crippen LogP contribution < -0.4 is 0 Å². The molecule has 2 bridgehead atoms. The van der Waals surface area contributed by atoms with Gasteiger partial charge in [0, 0.05) is 31.0 Å². The molecule has 1 spiro atoms. The largest absolute Gasteiger partial charge is 0.466 e. The Kier molecular flexibility index (Phi) is 7.97. The van der Waals surface area contributed by atoms with E-state index < -0.39 is 22.6 Å². The van der Waals surface area contributed by atoms with E-state index in [-0.39, 0.29) is 48.2 Å². The number of hydrogen-bond donors (Lipinski definition) is 1. The number of aliphatic hydroxyl groups excluding tert-OH is 1. The van der Waals surface area contributed by atoms with Gasteiger partial charge in [0.2, 0.25) is 11.8 Å². The highest BCUT2D eigenvalue weighted by Gasteiger charge is 2.76. The summed E-state index contributed by atoms with van der Waals surface area (Å²) in [5, 5.41) is 9.45. The second-order valence-corrected chi connectivity index (χ2v) is 10.9. The van der Waals surface area contributed by atoms with Gasteiger partial charge in [0.25, 0.3) is 0 Å². The number of amides is 2. The molecule has 0 radical (unpaired) electrons. The highest BCUT2D eigenvalue weighted by molar-refractivity contribution is 8.02. The molecule has 3 heterocycles. The van der Waals surface area contributed by atoms with Crippen LogP contribution in [0.4, 0.5) is 0 Å². The summed E-state index contributed by atoms with van der Waals surface area (Å²) in [6.45, 7) is 12.8. The van der Waals surface area contributed by atoms with Crippen LogP contribution in [-0.2, 0) is 19.1 Å². The summed E-state index contributed by atoms with van der Waals surface area (Å²) >= 11 is 1.66. The maximum absolute atomic E-state index is 14.1. The lowest BCUT2D eigenvalue weighted by Crippen LogP contribution is -2.58. The molecular weight excluding hydrogens is 428 g/mol. The van der Waals surface area contributed by atoms with Crippen LogP contribution in [0.25, 0.3) is 0 Å². The van der Waals surface area contributed by atoms with Gasteiger partial charge in [-0.2, -0.15) is 0 Å². The normalized spacial score (nSPS) is 33.8. The van der Waals surface area contributed by atoms with Gasteiger partial charge in [0.15, 0.2) is 0 Å². The van der Waals surface area contributed by atoms with Gasteiger partial charge in [0.1, 0.15) is 6.04 Å². The maximum Gasteiger partial charge on any atom is 0.310 e. The molecule has 0 aromatic heterocycles. The number of rotatable bonds is 11. The fourth-order valence-electron chi connectivity index (χ4n) is 6.14. The molecule has 3 fully saturated rings. The predicted octanol–water partition coefficient (Wildman–Crippen LogP) is 2.47. The molecule has 32 heavy (non-hydrogen) atoms. The van der Waals surface area contributed by atoms with E-state index in [9.17, 15) is 19.5 Å². The third-order valence-electron chi connectivity index (χ3n) is 7.44. The van der Waals surface area contributed by atoms with E-state index in [0.29, 0.717) is 19.5 Å². The van der Waals surface area contributed by atoms with Crippen molar-refractivity contribution < 1.29 is 24.2 Å². The summed E-state index contributed by atoms with van der Waals surface area (Å²) in [5.74, 6) is -1.48. The van der Waals surface area contributed by atoms with Crippen molar-refractivity contribution in [2.24, 2.45) is 17.8 Å². The zero-order chi connectivity index (χ0) is 23.6. The minimum Gasteiger partial charge on any atom is -0.466 e. The molecule has 7 atom stereocenters. The minimum atomic E-state index is -0.643. The summed E-state index contributed by atoms with van der Waals surface area (Å²) in [7, 11) is 0. The SMILES string of the molecule is C=CCN(C(=O)C1N(CCCO)C(=O)[C@@H]2[C@H](C(=O)OCC)[C@@H]3CC(C)C12S3)C(C)CCC. The number of hydrogen-bond acceptors (Lipinski definition) is 6. The van der Waals surface area contributed by atoms with Crippen LogP contribution in [0.15, 0.2) is 12.7 Å². The van der Waals surface area contributed by atoms with Crippen molar-refractivity contribution in [3.63, 3.8) is 0 Å². The zero-order valence-electron chi connectivity index (χ0n) is 19.8. The molecule has 7 nitrogen and oxygen atoms in total. The zero-order valence-corrected chi connectivity index (χ0v) is 20.6. The first-order valence-electron chi connectivity index (χ1n) is 12.0. The van der Waals surface area contributed by atoms with Gasteiger partial charge in [-0.15, -0.1) is 18.3 Å². The van der Waals surface area contributed by atoms with E-state index in [0.717, 1.165) is 19.3 Å². The van der Waals surface area contributed by atoms with Crippen molar-refractivity contribution in [1.82, 2.24) is 9.80 Å². The summed E-state index contributed by atoms with van der Waals surface area (Å²) in [6, 6.07) is -0.620. The quantitative estimate of drug-likeness (QED) is 0.372. The molecule has 0 saturated carbocycles. The Balaban J connectivity index is 2.06. The van der Waals surface area contributed by atoms with Gasteiger partial charge in [-0.1, -0.05) is 26.3 Å². The number of carbonyl (C=O) groups excluding carboxylic acids is 3. The lowest BCUT2D eigenvalue weighted by molar-refractivity contribution is -0.154. The van der Waals surface area contributed by atoms with E-state index in [2.05, 4.69) is 20.4 Å². The minimum absolute atomic E-state index is 0.00536. The second-order valence-electron chi connectivity index (χ2n) is 9.33. The summed E-state index contributed by atoms with van der Waals surface area (Å²) in [6.07, 6.45) is 4.74. The van der Waals surface area contributed by atoms with E-state index in [1.54, 1.807) is 29.7 Å². The molecule has 3 aliphatic heterocycles. The van der Waals surface area contributed by atoms with Crippen molar-refractivity contribution in [1.29, 1.82) is 0 Å². The van der Waals surface area contributed by atoms with E-state index in [1.807, 2.05) is 11.8 Å². The number of esters is 1. The monoisotopic (exact) mass is 466 g/mol. The number of likely N-dealkylation sites (tertiary alicyclic amines) is 1. The van der Waals surface area contributed by atoms with Gasteiger partial charge in [0.05, 0.1) is 23.2 Å². The third-order valence-corrected chi connectivity index (χ3v) is 9.52. The summed E-state index contributed by atoms with van der Waals surface area (Å²) in [5.41, 5.74) is 0. The van der Waals surface area contributed by atoms with Gasteiger partial charge >= 0.3 is 5.97 Å². The van der Waals surface area contributed by atoms with E-state index in [4.69, 9.17) is 4.74 Å². The molecule has 4 unspecified atom stereocenters. The standard InChI is InChI=1S/C24H38N2O5S/c1-6-10-16(5)25(11-7-2)22(29)20-24-15(4)14-17(32-24)18(23(30)31-8-3)19(24)21(28)26(20)12-9-13-27/h7,15-20,27H,2,6,8-14H2,1,3-5H3/t15?,16?,17-,18+,19-,20?,24?/m0/s1. The van der Waals surface area contributed by atoms with Gasteiger partial charge in [-0.3, -0.25) is 14.4 Å². The lowest BCUT2D eigenvalue weighted by Gasteiger charge is -2.41. The number of aliphatic hydroxyl groups is 1. The molecule has 0 aliphatic carbocycles. The van der Waals surface area contributed by atoms with E-state index >= 15 is 0 Å². The topological polar surface area (TPSA) is 87.2 Å². The molecule has 3 aliphatic rings. The molecule has 3 saturated heterocycles. The van der Waals surface area contributed by atoms with Gasteiger partial charge in [-0.05, 0) is 39.0 Å². The molecule has 8 heteroatoms. The fraction of sp³-hybridized carbons (Fsp3) is 0.792. The number of ether oxygens (including phenoxy) is 1. The first-order chi connectivity index (χ1) is 15.3. The summed E-state index contributed by atoms with van der Waals surface area (Å²) < 4.78 is 4.72. The Labute approximate surface area is 195 Å². The Morgan fingerprint density at radius 2 is 2.16 bits per heavy atom. The highest BCUT2D eigenvalue weighted by Crippen LogP contribution is 2.68. The molecule has 2 amide bonds. The first kappa shape index (κ1) is 25.1. The average Bonchev–Trinajstić information content (AvgIpc) is 3.34. The van der Waals surface area contributed by atoms with Crippen LogP contribution in [0, 0.1) is 17.8 Å². The Morgan fingerprint density at radius 1 is 1.44 bits per heavy atom. The molecule has 0 aromatic rings. The van der Waals surface area contributed by atoms with Gasteiger partial charge < -0.3 is 19.6 Å². The smallest absolute Gasteiger partial charge is 0.310 e. The Bertz CT molecular complexity index is 746. The maximum atomic E-state index is 14.1. The lowest BCUT2D eigenvalue weighted by atomic mass is 9.66. The molecular formula is C24H38N2O5S. The molecule has 180 valence electrons. The predicted molar refractivity (Wildman–Crippen MR) is 125 cm³/mol. The van der Waals surface area contributed by atoms with Crippen LogP contribution in [-0.4, -0.2) is 81.1 Å². The van der Waals surface area contributed by atoms with Crippen LogP contribution >= 0.6 is 11.8 Å². The van der Waals surface area contributed by atoms with Crippen LogP contribution in [0.3, 0.4) is 0 Å². The van der Waals surface area contributed by atoms with Crippen molar-refractivity contribution in [2.75, 3.05) is 26.3 Å². The van der Waals surface area contributed by atoms with Gasteiger partial charge in [-0.25, -0.2) is 0 Å². The third kappa shape index (κ3) is 3.87. The molecule has 0 aromatic carbocycles. The summed E-state index contributed by atoms with van der Waals surface area (Å²) in [4.78, 5) is 44.3. The van der Waals surface area contributed by atoms with Crippen molar-refractivity contribution >= 4 is 29.5 Å². The number of carbonyl (C=O) groups is 3. The van der Waals surface area contributed by atoms with Crippen LogP contribution in [0.5, 0.6) is 0 Å². The van der Waals surface area contributed by atoms with Crippen LogP contribution in [0.2, 0.25) is 0 Å². The molecule has 1 N–H and O–H groups in total. The van der Waals surface area contributed by atoms with Crippen molar-refractivity contribution in [3.05, 3.63) is 12.7 Å². The second kappa shape index (κ2) is 10.2. The first-order valence-corrected chi connectivity index (χ1v) is 12.8. The van der Waals surface area contributed by atoms with Crippen molar-refractivity contribution in [3.8, 4) is 0 Å². The number of nitrogens with zero attached hydrogens (tertiary/aromatic N) is 2. The number of fused-ring (bicyclic) bond motifs is 1. The highest BCUT2D eigenvalue weighted by atomic mass is 32.2. The van der Waals surface area contributed by atoms with E-state index in [1.165, 1.54) is 0 Å². The fourth-order valence-corrected chi connectivity index (χ4v) is 8.55. The Hall–Kier alpha value is -1.54. The number of thioether (sulfide) groups is 1. The van der Waals surface area contributed by atoms with Crippen molar-refractivity contribution in [2.45, 2.75) is 75.5 Å². The molecule has 3 rings (SSSR count).